The second kappa shape index (κ2) is 6.27. The van der Waals surface area contributed by atoms with E-state index in [4.69, 9.17) is 6.42 Å². The zero-order valence-electron chi connectivity index (χ0n) is 8.84. The maximum Gasteiger partial charge on any atom is 0.0255 e. The molecular formula is C14H17. The predicted octanol–water partition coefficient (Wildman–Crippen LogP) is 3.75. The second-order valence-corrected chi connectivity index (χ2v) is 3.63. The number of hydrogen-bond donors (Lipinski definition) is 0. The van der Waals surface area contributed by atoms with Gasteiger partial charge in [0.15, 0.2) is 0 Å². The Morgan fingerprint density at radius 3 is 2.36 bits per heavy atom. The molecule has 1 rings (SSSR count). The van der Waals surface area contributed by atoms with Crippen LogP contribution in [0.25, 0.3) is 0 Å². The smallest absolute Gasteiger partial charge is 0.0255 e. The van der Waals surface area contributed by atoms with Crippen molar-refractivity contribution in [3.8, 4) is 5.92 Å². The Kier molecular flexibility index (Phi) is 4.86. The molecular weight excluding hydrogens is 168 g/mol. The lowest BCUT2D eigenvalue weighted by atomic mass is 10.0. The standard InChI is InChI=1S/C14H17/c1-3-5-6-7-8-14-11-9-13(4-2)10-12-14/h9-12H,3,5-8H2,1H3. The van der Waals surface area contributed by atoms with Crippen molar-refractivity contribution < 1.29 is 0 Å². The molecule has 0 amide bonds. The molecule has 0 fully saturated rings. The predicted molar refractivity (Wildman–Crippen MR) is 60.5 cm³/mol. The molecule has 0 saturated carbocycles. The highest BCUT2D eigenvalue weighted by molar-refractivity contribution is 5.32. The molecule has 73 valence electrons. The van der Waals surface area contributed by atoms with Crippen LogP contribution in [0.3, 0.4) is 0 Å². The number of unbranched alkanes of at least 4 members (excludes halogenated alkanes) is 3. The highest BCUT2D eigenvalue weighted by atomic mass is 14.0. The summed E-state index contributed by atoms with van der Waals surface area (Å²) in [5.74, 6) is 2.38. The maximum atomic E-state index is 6.96. The largest absolute Gasteiger partial charge is 0.0654 e. The van der Waals surface area contributed by atoms with Gasteiger partial charge in [0, 0.05) is 5.56 Å². The first-order valence-corrected chi connectivity index (χ1v) is 5.38. The van der Waals surface area contributed by atoms with Crippen molar-refractivity contribution in [1.82, 2.24) is 0 Å². The van der Waals surface area contributed by atoms with Crippen molar-refractivity contribution in [1.29, 1.82) is 0 Å². The van der Waals surface area contributed by atoms with Crippen LogP contribution < -0.4 is 0 Å². The zero-order chi connectivity index (χ0) is 10.2. The molecule has 0 heteroatoms. The molecule has 1 aromatic rings. The van der Waals surface area contributed by atoms with E-state index in [0.29, 0.717) is 0 Å². The van der Waals surface area contributed by atoms with E-state index < -0.39 is 0 Å². The van der Waals surface area contributed by atoms with E-state index in [-0.39, 0.29) is 0 Å². The van der Waals surface area contributed by atoms with Gasteiger partial charge in [-0.25, -0.2) is 0 Å². The number of benzene rings is 1. The summed E-state index contributed by atoms with van der Waals surface area (Å²) in [7, 11) is 0. The van der Waals surface area contributed by atoms with E-state index in [1.54, 1.807) is 0 Å². The molecule has 0 nitrogen and oxygen atoms in total. The minimum atomic E-state index is 0.863. The highest BCUT2D eigenvalue weighted by Crippen LogP contribution is 2.08. The van der Waals surface area contributed by atoms with Gasteiger partial charge < -0.3 is 0 Å². The van der Waals surface area contributed by atoms with Crippen LogP contribution in [-0.4, -0.2) is 0 Å². The average molecular weight is 185 g/mol. The Morgan fingerprint density at radius 1 is 1.07 bits per heavy atom. The molecule has 0 atom stereocenters. The number of rotatable bonds is 5. The quantitative estimate of drug-likeness (QED) is 0.484. The number of hydrogen-bond acceptors (Lipinski definition) is 0. The Hall–Kier alpha value is -1.22. The summed E-state index contributed by atoms with van der Waals surface area (Å²) in [5, 5.41) is 0. The van der Waals surface area contributed by atoms with E-state index in [0.717, 1.165) is 12.0 Å². The van der Waals surface area contributed by atoms with Crippen molar-refractivity contribution in [2.45, 2.75) is 39.0 Å². The summed E-state index contributed by atoms with van der Waals surface area (Å²) in [4.78, 5) is 0. The molecule has 0 N–H and O–H groups in total. The molecule has 0 saturated heterocycles. The molecule has 1 aromatic carbocycles. The Balaban J connectivity index is 2.33. The fourth-order valence-corrected chi connectivity index (χ4v) is 1.51. The minimum absolute atomic E-state index is 0.863. The maximum absolute atomic E-state index is 6.96. The van der Waals surface area contributed by atoms with Crippen LogP contribution in [0, 0.1) is 12.3 Å². The molecule has 0 spiro atoms. The van der Waals surface area contributed by atoms with Crippen LogP contribution in [0.1, 0.15) is 43.7 Å². The molecule has 0 bridgehead atoms. The summed E-state index contributed by atoms with van der Waals surface area (Å²) in [6.07, 6.45) is 13.4. The van der Waals surface area contributed by atoms with Gasteiger partial charge >= 0.3 is 0 Å². The monoisotopic (exact) mass is 185 g/mol. The molecule has 0 unspecified atom stereocenters. The first kappa shape index (κ1) is 10.9. The minimum Gasteiger partial charge on any atom is -0.0654 e. The van der Waals surface area contributed by atoms with Gasteiger partial charge in [0.2, 0.25) is 0 Å². The van der Waals surface area contributed by atoms with Gasteiger partial charge in [0.05, 0.1) is 0 Å². The van der Waals surface area contributed by atoms with Crippen molar-refractivity contribution in [2.24, 2.45) is 0 Å². The van der Waals surface area contributed by atoms with E-state index >= 15 is 0 Å². The van der Waals surface area contributed by atoms with Crippen molar-refractivity contribution in [2.75, 3.05) is 0 Å². The van der Waals surface area contributed by atoms with Gasteiger partial charge in [-0.15, -0.1) is 0 Å². The van der Waals surface area contributed by atoms with Gasteiger partial charge in [-0.05, 0) is 37.0 Å². The van der Waals surface area contributed by atoms with Gasteiger partial charge in [0.1, 0.15) is 0 Å². The fraction of sp³-hybridized carbons (Fsp3) is 0.429. The summed E-state index contributed by atoms with van der Waals surface area (Å²) < 4.78 is 0. The number of aryl methyl sites for hydroxylation is 1. The average Bonchev–Trinajstić information content (AvgIpc) is 2.25. The Morgan fingerprint density at radius 2 is 1.79 bits per heavy atom. The molecule has 0 aliphatic heterocycles. The van der Waals surface area contributed by atoms with Crippen LogP contribution >= 0.6 is 0 Å². The van der Waals surface area contributed by atoms with Crippen LogP contribution in [-0.2, 0) is 6.42 Å². The first-order valence-electron chi connectivity index (χ1n) is 5.38. The molecule has 0 aliphatic rings. The van der Waals surface area contributed by atoms with Gasteiger partial charge in [-0.2, -0.15) is 0 Å². The fourth-order valence-electron chi connectivity index (χ4n) is 1.51. The summed E-state index contributed by atoms with van der Waals surface area (Å²) in [6, 6.07) is 8.12. The SMILES string of the molecule is [C]#Cc1ccc(CCCCCC)cc1. The lowest BCUT2D eigenvalue weighted by molar-refractivity contribution is 0.667. The summed E-state index contributed by atoms with van der Waals surface area (Å²) in [5.41, 5.74) is 2.24. The lowest BCUT2D eigenvalue weighted by Gasteiger charge is -2.00. The molecule has 0 aliphatic carbocycles. The van der Waals surface area contributed by atoms with Gasteiger partial charge in [0.25, 0.3) is 0 Å². The van der Waals surface area contributed by atoms with Crippen LogP contribution in [0.4, 0.5) is 0 Å². The highest BCUT2D eigenvalue weighted by Gasteiger charge is 1.93. The van der Waals surface area contributed by atoms with E-state index in [2.05, 4.69) is 25.0 Å². The van der Waals surface area contributed by atoms with Crippen LogP contribution in [0.15, 0.2) is 24.3 Å². The summed E-state index contributed by atoms with van der Waals surface area (Å²) in [6.45, 7) is 2.23. The Bertz CT molecular complexity index is 287. The zero-order valence-corrected chi connectivity index (χ0v) is 8.84. The van der Waals surface area contributed by atoms with Crippen LogP contribution in [0.5, 0.6) is 0 Å². The third-order valence-corrected chi connectivity index (χ3v) is 2.42. The van der Waals surface area contributed by atoms with E-state index in [1.165, 1.54) is 31.2 Å². The third-order valence-electron chi connectivity index (χ3n) is 2.42. The third kappa shape index (κ3) is 3.66. The second-order valence-electron chi connectivity index (χ2n) is 3.63. The topological polar surface area (TPSA) is 0 Å². The first-order chi connectivity index (χ1) is 6.86. The van der Waals surface area contributed by atoms with Crippen LogP contribution in [0.2, 0.25) is 0 Å². The van der Waals surface area contributed by atoms with Crippen molar-refractivity contribution in [3.05, 3.63) is 41.8 Å². The Labute approximate surface area is 87.4 Å². The summed E-state index contributed by atoms with van der Waals surface area (Å²) >= 11 is 0. The molecule has 1 radical (unpaired) electrons. The normalized spacial score (nSPS) is 9.71. The van der Waals surface area contributed by atoms with Gasteiger partial charge in [-0.1, -0.05) is 44.2 Å². The molecule has 14 heavy (non-hydrogen) atoms. The molecule has 0 aromatic heterocycles. The van der Waals surface area contributed by atoms with E-state index in [1.807, 2.05) is 12.1 Å². The molecule has 0 heterocycles. The van der Waals surface area contributed by atoms with Crippen molar-refractivity contribution >= 4 is 0 Å². The van der Waals surface area contributed by atoms with E-state index in [9.17, 15) is 0 Å². The lowest BCUT2D eigenvalue weighted by Crippen LogP contribution is -1.85. The van der Waals surface area contributed by atoms with Gasteiger partial charge in [-0.3, -0.25) is 0 Å². The van der Waals surface area contributed by atoms with Crippen molar-refractivity contribution in [3.63, 3.8) is 0 Å².